The molecular formula is C20H18N4O. The highest BCUT2D eigenvalue weighted by molar-refractivity contribution is 5.79. The van der Waals surface area contributed by atoms with E-state index in [1.807, 2.05) is 28.8 Å². The van der Waals surface area contributed by atoms with E-state index >= 15 is 0 Å². The number of hydrogen-bond acceptors (Lipinski definition) is 4. The van der Waals surface area contributed by atoms with Gasteiger partial charge >= 0.3 is 0 Å². The van der Waals surface area contributed by atoms with Gasteiger partial charge in [0, 0.05) is 24.7 Å². The van der Waals surface area contributed by atoms with Crippen molar-refractivity contribution in [2.75, 3.05) is 0 Å². The van der Waals surface area contributed by atoms with E-state index in [0.29, 0.717) is 16.6 Å². The minimum Gasteiger partial charge on any atom is -0.296 e. The summed E-state index contributed by atoms with van der Waals surface area (Å²) in [5.41, 5.74) is 2.31. The highest BCUT2D eigenvalue weighted by Gasteiger charge is 2.27. The van der Waals surface area contributed by atoms with Crippen LogP contribution in [0.25, 0.3) is 10.9 Å². The van der Waals surface area contributed by atoms with Crippen molar-refractivity contribution in [1.82, 2.24) is 19.7 Å². The van der Waals surface area contributed by atoms with Gasteiger partial charge in [0.25, 0.3) is 5.56 Å². The van der Waals surface area contributed by atoms with E-state index in [0.717, 1.165) is 30.8 Å². The Morgan fingerprint density at radius 2 is 2.08 bits per heavy atom. The number of aromatic nitrogens is 4. The largest absolute Gasteiger partial charge is 0.296 e. The Morgan fingerprint density at radius 3 is 2.88 bits per heavy atom. The molecule has 5 nitrogen and oxygen atoms in total. The predicted octanol–water partition coefficient (Wildman–Crippen LogP) is 2.56. The van der Waals surface area contributed by atoms with Crippen LogP contribution in [0.4, 0.5) is 0 Å². The zero-order valence-electron chi connectivity index (χ0n) is 14.3. The van der Waals surface area contributed by atoms with E-state index in [-0.39, 0.29) is 11.0 Å². The first-order valence-electron chi connectivity index (χ1n) is 8.35. The van der Waals surface area contributed by atoms with Crippen LogP contribution < -0.4 is 5.56 Å². The molecule has 0 aliphatic carbocycles. The molecule has 0 spiro atoms. The van der Waals surface area contributed by atoms with Crippen molar-refractivity contribution in [2.24, 2.45) is 5.41 Å². The second-order valence-electron chi connectivity index (χ2n) is 7.17. The summed E-state index contributed by atoms with van der Waals surface area (Å²) in [7, 11) is 0. The summed E-state index contributed by atoms with van der Waals surface area (Å²) in [6, 6.07) is 9.16. The summed E-state index contributed by atoms with van der Waals surface area (Å²) in [4.78, 5) is 17.5. The molecule has 0 radical (unpaired) electrons. The molecule has 124 valence electrons. The summed E-state index contributed by atoms with van der Waals surface area (Å²) >= 11 is 0. The fourth-order valence-corrected chi connectivity index (χ4v) is 3.16. The Hall–Kier alpha value is -3.00. The van der Waals surface area contributed by atoms with Crippen molar-refractivity contribution in [2.45, 2.75) is 33.2 Å². The number of benzene rings is 1. The van der Waals surface area contributed by atoms with E-state index in [2.05, 4.69) is 35.9 Å². The average Bonchev–Trinajstić information content (AvgIpc) is 2.61. The van der Waals surface area contributed by atoms with Crippen molar-refractivity contribution in [3.05, 3.63) is 64.0 Å². The van der Waals surface area contributed by atoms with Gasteiger partial charge in [-0.15, -0.1) is 5.10 Å². The van der Waals surface area contributed by atoms with Crippen molar-refractivity contribution in [3.63, 3.8) is 0 Å². The van der Waals surface area contributed by atoms with E-state index in [1.165, 1.54) is 0 Å². The molecule has 0 amide bonds. The fourth-order valence-electron chi connectivity index (χ4n) is 3.16. The van der Waals surface area contributed by atoms with Gasteiger partial charge in [0.15, 0.2) is 0 Å². The Morgan fingerprint density at radius 1 is 1.20 bits per heavy atom. The molecule has 0 unspecified atom stereocenters. The molecule has 1 aliphatic heterocycles. The average molecular weight is 330 g/mol. The van der Waals surface area contributed by atoms with Crippen LogP contribution in [0, 0.1) is 17.3 Å². The monoisotopic (exact) mass is 330 g/mol. The van der Waals surface area contributed by atoms with Crippen LogP contribution in [0.3, 0.4) is 0 Å². The third-order valence-corrected chi connectivity index (χ3v) is 4.55. The van der Waals surface area contributed by atoms with Crippen molar-refractivity contribution in [3.8, 4) is 11.8 Å². The third-order valence-electron chi connectivity index (χ3n) is 4.55. The Bertz CT molecular complexity index is 1070. The van der Waals surface area contributed by atoms with Gasteiger partial charge in [0.1, 0.15) is 11.5 Å². The zero-order chi connectivity index (χ0) is 17.4. The van der Waals surface area contributed by atoms with Gasteiger partial charge < -0.3 is 0 Å². The standard InChI is InChI=1S/C20H18N4O/c1-20(2)10-9-18-22-17-12-14(5-7-15-4-3-11-21-23-15)6-8-16(17)19(25)24(18)13-20/h3-4,6,8,11-12H,9-10,13H2,1-2H3. The fraction of sp³-hybridized carbons (Fsp3) is 0.300. The lowest BCUT2D eigenvalue weighted by Gasteiger charge is -2.31. The molecule has 3 heterocycles. The molecular weight excluding hydrogens is 312 g/mol. The number of nitrogens with zero attached hydrogens (tertiary/aromatic N) is 4. The van der Waals surface area contributed by atoms with Gasteiger partial charge in [-0.05, 0) is 48.1 Å². The van der Waals surface area contributed by atoms with Crippen LogP contribution in [-0.4, -0.2) is 19.7 Å². The highest BCUT2D eigenvalue weighted by Crippen LogP contribution is 2.29. The lowest BCUT2D eigenvalue weighted by atomic mass is 9.85. The summed E-state index contributed by atoms with van der Waals surface area (Å²) in [6.45, 7) is 5.10. The Kier molecular flexibility index (Phi) is 3.61. The first-order valence-corrected chi connectivity index (χ1v) is 8.35. The van der Waals surface area contributed by atoms with Crippen LogP contribution in [0.1, 0.15) is 37.4 Å². The Balaban J connectivity index is 1.78. The smallest absolute Gasteiger partial charge is 0.261 e. The summed E-state index contributed by atoms with van der Waals surface area (Å²) in [5, 5.41) is 8.40. The second kappa shape index (κ2) is 5.82. The molecule has 0 saturated heterocycles. The lowest BCUT2D eigenvalue weighted by molar-refractivity contribution is 0.240. The lowest BCUT2D eigenvalue weighted by Crippen LogP contribution is -2.36. The van der Waals surface area contributed by atoms with E-state index in [1.54, 1.807) is 12.3 Å². The molecule has 3 aromatic rings. The zero-order valence-corrected chi connectivity index (χ0v) is 14.3. The molecule has 0 fully saturated rings. The number of aryl methyl sites for hydroxylation is 1. The normalized spacial score (nSPS) is 15.3. The van der Waals surface area contributed by atoms with Gasteiger partial charge in [-0.25, -0.2) is 4.98 Å². The quantitative estimate of drug-likeness (QED) is 0.594. The van der Waals surface area contributed by atoms with Crippen LogP contribution in [0.15, 0.2) is 41.3 Å². The summed E-state index contributed by atoms with van der Waals surface area (Å²) < 4.78 is 1.83. The first-order chi connectivity index (χ1) is 12.0. The molecule has 5 heteroatoms. The second-order valence-corrected chi connectivity index (χ2v) is 7.17. The summed E-state index contributed by atoms with van der Waals surface area (Å²) in [6.07, 6.45) is 3.48. The van der Waals surface area contributed by atoms with Crippen molar-refractivity contribution in [1.29, 1.82) is 0 Å². The third kappa shape index (κ3) is 3.03. The van der Waals surface area contributed by atoms with E-state index in [4.69, 9.17) is 4.98 Å². The number of hydrogen-bond donors (Lipinski definition) is 0. The topological polar surface area (TPSA) is 60.7 Å². The molecule has 0 N–H and O–H groups in total. The molecule has 1 aromatic carbocycles. The molecule has 0 saturated carbocycles. The molecule has 1 aliphatic rings. The van der Waals surface area contributed by atoms with Crippen LogP contribution in [0.5, 0.6) is 0 Å². The van der Waals surface area contributed by atoms with Crippen LogP contribution in [0.2, 0.25) is 0 Å². The molecule has 4 rings (SSSR count). The molecule has 0 atom stereocenters. The van der Waals surface area contributed by atoms with Gasteiger partial charge in [0.05, 0.1) is 10.9 Å². The molecule has 0 bridgehead atoms. The van der Waals surface area contributed by atoms with Gasteiger partial charge in [-0.2, -0.15) is 5.10 Å². The number of fused-ring (bicyclic) bond motifs is 2. The number of rotatable bonds is 0. The predicted molar refractivity (Wildman–Crippen MR) is 96.1 cm³/mol. The highest BCUT2D eigenvalue weighted by atomic mass is 16.1. The maximum atomic E-state index is 12.8. The van der Waals surface area contributed by atoms with Crippen molar-refractivity contribution >= 4 is 10.9 Å². The van der Waals surface area contributed by atoms with Crippen molar-refractivity contribution < 1.29 is 0 Å². The maximum Gasteiger partial charge on any atom is 0.261 e. The molecule has 25 heavy (non-hydrogen) atoms. The van der Waals surface area contributed by atoms with E-state index in [9.17, 15) is 4.79 Å². The van der Waals surface area contributed by atoms with Gasteiger partial charge in [-0.3, -0.25) is 9.36 Å². The van der Waals surface area contributed by atoms with Crippen LogP contribution >= 0.6 is 0 Å². The molecule has 2 aromatic heterocycles. The summed E-state index contributed by atoms with van der Waals surface area (Å²) in [5.74, 6) is 6.91. The van der Waals surface area contributed by atoms with Crippen LogP contribution in [-0.2, 0) is 13.0 Å². The Labute approximate surface area is 145 Å². The first kappa shape index (κ1) is 15.5. The maximum absolute atomic E-state index is 12.8. The minimum absolute atomic E-state index is 0.0428. The van der Waals surface area contributed by atoms with E-state index < -0.39 is 0 Å². The minimum atomic E-state index is 0.0428. The SMILES string of the molecule is CC1(C)CCc2nc3cc(C#Cc4cccnn4)ccc3c(=O)n2C1. The van der Waals surface area contributed by atoms with Gasteiger partial charge in [-0.1, -0.05) is 19.8 Å². The van der Waals surface area contributed by atoms with Gasteiger partial charge in [0.2, 0.25) is 0 Å².